The fourth-order valence-corrected chi connectivity index (χ4v) is 3.76. The predicted octanol–water partition coefficient (Wildman–Crippen LogP) is 6.80. The second kappa shape index (κ2) is 9.66. The number of hydrogen-bond donors (Lipinski definition) is 0. The fourth-order valence-electron chi connectivity index (χ4n) is 3.76. The van der Waals surface area contributed by atoms with Crippen LogP contribution in [0.15, 0.2) is 71.1 Å². The van der Waals surface area contributed by atoms with Crippen molar-refractivity contribution >= 4 is 22.9 Å². The highest BCUT2D eigenvalue weighted by Gasteiger charge is 2.24. The van der Waals surface area contributed by atoms with E-state index in [9.17, 15) is 9.59 Å². The lowest BCUT2D eigenvalue weighted by molar-refractivity contribution is 0.0528. The molecule has 0 saturated heterocycles. The van der Waals surface area contributed by atoms with Crippen molar-refractivity contribution < 1.29 is 28.2 Å². The molecule has 0 aliphatic carbocycles. The molecule has 0 aliphatic heterocycles. The van der Waals surface area contributed by atoms with Gasteiger partial charge in [0.2, 0.25) is 0 Å². The van der Waals surface area contributed by atoms with Crippen LogP contribution in [-0.2, 0) is 10.2 Å². The average molecular weight is 473 g/mol. The number of fused-ring (bicyclic) bond motifs is 1. The Morgan fingerprint density at radius 1 is 0.857 bits per heavy atom. The Morgan fingerprint density at radius 2 is 1.51 bits per heavy atom. The van der Waals surface area contributed by atoms with Gasteiger partial charge >= 0.3 is 11.9 Å². The van der Waals surface area contributed by atoms with Crippen LogP contribution in [0.2, 0.25) is 0 Å². The summed E-state index contributed by atoms with van der Waals surface area (Å²) in [5.41, 5.74) is 3.00. The lowest BCUT2D eigenvalue weighted by Crippen LogP contribution is -2.13. The third-order valence-electron chi connectivity index (χ3n) is 5.69. The van der Waals surface area contributed by atoms with Crippen molar-refractivity contribution in [2.45, 2.75) is 33.1 Å². The van der Waals surface area contributed by atoms with Crippen LogP contribution in [0.5, 0.6) is 11.5 Å². The minimum Gasteiger partial charge on any atom is -0.497 e. The van der Waals surface area contributed by atoms with E-state index < -0.39 is 11.9 Å². The van der Waals surface area contributed by atoms with Crippen LogP contribution in [0.25, 0.3) is 22.3 Å². The molecule has 1 aromatic heterocycles. The maximum Gasteiger partial charge on any atom is 0.343 e. The summed E-state index contributed by atoms with van der Waals surface area (Å²) in [5.74, 6) is 0.365. The van der Waals surface area contributed by atoms with Gasteiger partial charge in [0.25, 0.3) is 0 Å². The Kier molecular flexibility index (Phi) is 6.65. The molecule has 0 aliphatic rings. The van der Waals surface area contributed by atoms with Gasteiger partial charge in [-0.05, 0) is 72.5 Å². The van der Waals surface area contributed by atoms with Crippen molar-refractivity contribution in [3.05, 3.63) is 83.4 Å². The van der Waals surface area contributed by atoms with Crippen LogP contribution in [-0.4, -0.2) is 25.7 Å². The van der Waals surface area contributed by atoms with E-state index in [1.165, 1.54) is 0 Å². The molecule has 0 atom stereocenters. The first kappa shape index (κ1) is 24.1. The topological polar surface area (TPSA) is 75.0 Å². The zero-order valence-corrected chi connectivity index (χ0v) is 20.5. The molecule has 6 heteroatoms. The highest BCUT2D eigenvalue weighted by Crippen LogP contribution is 2.37. The standard InChI is InChI=1S/C29H28O6/c1-6-33-28(31)25-23-17-22(34-27(30)19-7-11-20(12-8-19)29(2,3)4)15-16-24(23)35-26(25)18-9-13-21(32-5)14-10-18/h7-17H,6H2,1-5H3. The van der Waals surface area contributed by atoms with Gasteiger partial charge in [0.15, 0.2) is 0 Å². The zero-order valence-electron chi connectivity index (χ0n) is 20.5. The van der Waals surface area contributed by atoms with Crippen molar-refractivity contribution in [2.24, 2.45) is 0 Å². The van der Waals surface area contributed by atoms with Crippen LogP contribution in [0, 0.1) is 0 Å². The Labute approximate surface area is 204 Å². The monoisotopic (exact) mass is 472 g/mol. The first-order valence-corrected chi connectivity index (χ1v) is 11.4. The molecule has 4 rings (SSSR count). The molecule has 0 N–H and O–H groups in total. The number of carbonyl (C=O) groups excluding carboxylic acids is 2. The van der Waals surface area contributed by atoms with Crippen LogP contribution in [0.3, 0.4) is 0 Å². The smallest absolute Gasteiger partial charge is 0.343 e. The lowest BCUT2D eigenvalue weighted by Gasteiger charge is -2.18. The van der Waals surface area contributed by atoms with Gasteiger partial charge in [0.1, 0.15) is 28.4 Å². The normalized spacial score (nSPS) is 11.3. The summed E-state index contributed by atoms with van der Waals surface area (Å²) >= 11 is 0. The minimum atomic E-state index is -0.515. The van der Waals surface area contributed by atoms with Crippen LogP contribution >= 0.6 is 0 Å². The molecule has 35 heavy (non-hydrogen) atoms. The number of methoxy groups -OCH3 is 1. The number of ether oxygens (including phenoxy) is 3. The van der Waals surface area contributed by atoms with E-state index in [4.69, 9.17) is 18.6 Å². The molecule has 6 nitrogen and oxygen atoms in total. The van der Waals surface area contributed by atoms with Crippen LogP contribution < -0.4 is 9.47 Å². The molecule has 0 amide bonds. The van der Waals surface area contributed by atoms with Gasteiger partial charge in [-0.25, -0.2) is 9.59 Å². The molecule has 0 radical (unpaired) electrons. The Morgan fingerprint density at radius 3 is 2.11 bits per heavy atom. The predicted molar refractivity (Wildman–Crippen MR) is 134 cm³/mol. The van der Waals surface area contributed by atoms with E-state index in [1.54, 1.807) is 56.5 Å². The number of carbonyl (C=O) groups is 2. The maximum atomic E-state index is 12.9. The summed E-state index contributed by atoms with van der Waals surface area (Å²) < 4.78 is 22.2. The zero-order chi connectivity index (χ0) is 25.2. The molecule has 0 unspecified atom stereocenters. The summed E-state index contributed by atoms with van der Waals surface area (Å²) in [6, 6.07) is 19.5. The number of rotatable bonds is 6. The Hall–Kier alpha value is -4.06. The SMILES string of the molecule is CCOC(=O)c1c(-c2ccc(OC)cc2)oc2ccc(OC(=O)c3ccc(C(C)(C)C)cc3)cc12. The molecule has 3 aromatic carbocycles. The van der Waals surface area contributed by atoms with E-state index in [1.807, 2.05) is 24.3 Å². The van der Waals surface area contributed by atoms with Crippen LogP contribution in [0.1, 0.15) is 54.0 Å². The van der Waals surface area contributed by atoms with Crippen molar-refractivity contribution in [1.29, 1.82) is 0 Å². The van der Waals surface area contributed by atoms with E-state index in [-0.39, 0.29) is 17.6 Å². The molecule has 0 spiro atoms. The number of hydrogen-bond acceptors (Lipinski definition) is 6. The number of benzene rings is 3. The van der Waals surface area contributed by atoms with Gasteiger partial charge < -0.3 is 18.6 Å². The summed E-state index contributed by atoms with van der Waals surface area (Å²) in [4.78, 5) is 25.7. The summed E-state index contributed by atoms with van der Waals surface area (Å²) in [5, 5.41) is 0.502. The van der Waals surface area contributed by atoms with Crippen molar-refractivity contribution in [1.82, 2.24) is 0 Å². The van der Waals surface area contributed by atoms with Gasteiger partial charge in [0.05, 0.1) is 19.3 Å². The third kappa shape index (κ3) is 5.06. The van der Waals surface area contributed by atoms with E-state index in [0.717, 1.165) is 5.56 Å². The van der Waals surface area contributed by atoms with Gasteiger partial charge in [0, 0.05) is 10.9 Å². The largest absolute Gasteiger partial charge is 0.497 e. The molecule has 0 saturated carbocycles. The molecular weight excluding hydrogens is 444 g/mol. The third-order valence-corrected chi connectivity index (χ3v) is 5.69. The van der Waals surface area contributed by atoms with Gasteiger partial charge in [-0.1, -0.05) is 32.9 Å². The first-order valence-electron chi connectivity index (χ1n) is 11.4. The lowest BCUT2D eigenvalue weighted by atomic mass is 9.87. The Balaban J connectivity index is 1.69. The molecule has 0 fully saturated rings. The maximum absolute atomic E-state index is 12.9. The highest BCUT2D eigenvalue weighted by molar-refractivity contribution is 6.09. The van der Waals surface area contributed by atoms with Crippen LogP contribution in [0.4, 0.5) is 0 Å². The van der Waals surface area contributed by atoms with Crippen molar-refractivity contribution in [2.75, 3.05) is 13.7 Å². The first-order chi connectivity index (χ1) is 16.7. The number of furan rings is 1. The molecule has 0 bridgehead atoms. The molecule has 1 heterocycles. The fraction of sp³-hybridized carbons (Fsp3) is 0.241. The van der Waals surface area contributed by atoms with Gasteiger partial charge in [-0.3, -0.25) is 0 Å². The van der Waals surface area contributed by atoms with E-state index in [0.29, 0.717) is 39.4 Å². The van der Waals surface area contributed by atoms with Gasteiger partial charge in [-0.15, -0.1) is 0 Å². The van der Waals surface area contributed by atoms with Crippen molar-refractivity contribution in [3.8, 4) is 22.8 Å². The summed E-state index contributed by atoms with van der Waals surface area (Å²) in [6.45, 7) is 8.30. The molecule has 180 valence electrons. The van der Waals surface area contributed by atoms with E-state index in [2.05, 4.69) is 20.8 Å². The minimum absolute atomic E-state index is 0.0140. The highest BCUT2D eigenvalue weighted by atomic mass is 16.5. The molecular formula is C29H28O6. The second-order valence-corrected chi connectivity index (χ2v) is 9.13. The van der Waals surface area contributed by atoms with E-state index >= 15 is 0 Å². The Bertz CT molecular complexity index is 1360. The average Bonchev–Trinajstić information content (AvgIpc) is 3.22. The summed E-state index contributed by atoms with van der Waals surface area (Å²) in [7, 11) is 1.59. The quantitative estimate of drug-likeness (QED) is 0.227. The summed E-state index contributed by atoms with van der Waals surface area (Å²) in [6.07, 6.45) is 0. The molecule has 4 aromatic rings. The second-order valence-electron chi connectivity index (χ2n) is 9.13. The number of esters is 2. The van der Waals surface area contributed by atoms with Crippen molar-refractivity contribution in [3.63, 3.8) is 0 Å². The van der Waals surface area contributed by atoms with Gasteiger partial charge in [-0.2, -0.15) is 0 Å².